The molecule has 150 valence electrons. The molecule has 1 amide bonds. The van der Waals surface area contributed by atoms with Crippen LogP contribution in [-0.4, -0.2) is 51.5 Å². The molecule has 0 spiro atoms. The number of anilines is 1. The fourth-order valence-corrected chi connectivity index (χ4v) is 4.42. The fourth-order valence-electron chi connectivity index (χ4n) is 2.92. The van der Waals surface area contributed by atoms with Crippen LogP contribution in [0.4, 0.5) is 5.69 Å². The first-order valence-electron chi connectivity index (χ1n) is 9.05. The highest BCUT2D eigenvalue weighted by atomic mass is 32.2. The number of carbonyl (C=O) groups is 1. The highest BCUT2D eigenvalue weighted by Crippen LogP contribution is 2.24. The number of morpholine rings is 1. The van der Waals surface area contributed by atoms with Crippen molar-refractivity contribution in [1.82, 2.24) is 4.31 Å². The molecule has 0 bridgehead atoms. The number of rotatable bonds is 6. The number of hydrogen-bond acceptors (Lipinski definition) is 5. The van der Waals surface area contributed by atoms with Crippen molar-refractivity contribution in [2.75, 3.05) is 38.2 Å². The summed E-state index contributed by atoms with van der Waals surface area (Å²) < 4.78 is 37.7. The summed E-state index contributed by atoms with van der Waals surface area (Å²) in [5.74, 6) is 0.194. The maximum absolute atomic E-state index is 12.7. The first-order valence-corrected chi connectivity index (χ1v) is 10.5. The van der Waals surface area contributed by atoms with Gasteiger partial charge in [-0.1, -0.05) is 18.2 Å². The second-order valence-corrected chi connectivity index (χ2v) is 8.53. The average Bonchev–Trinajstić information content (AvgIpc) is 2.69. The number of nitrogens with one attached hydrogen (secondary N) is 1. The maximum atomic E-state index is 12.7. The Hall–Kier alpha value is -2.42. The molecule has 1 aliphatic heterocycles. The molecule has 2 aromatic rings. The number of hydrogen-bond donors (Lipinski definition) is 1. The molecule has 28 heavy (non-hydrogen) atoms. The number of carbonyl (C=O) groups excluding carboxylic acids is 1. The smallest absolute Gasteiger partial charge is 0.262 e. The minimum Gasteiger partial charge on any atom is -0.483 e. The molecule has 1 N–H and O–H groups in total. The number of nitrogens with zero attached hydrogens (tertiary/aromatic N) is 1. The Bertz CT molecular complexity index is 953. The van der Waals surface area contributed by atoms with Crippen LogP contribution < -0.4 is 10.1 Å². The topological polar surface area (TPSA) is 84.9 Å². The molecule has 1 heterocycles. The lowest BCUT2D eigenvalue weighted by molar-refractivity contribution is -0.118. The van der Waals surface area contributed by atoms with Crippen molar-refractivity contribution in [2.24, 2.45) is 0 Å². The van der Waals surface area contributed by atoms with E-state index < -0.39 is 10.0 Å². The zero-order valence-electron chi connectivity index (χ0n) is 16.0. The molecule has 1 saturated heterocycles. The Morgan fingerprint density at radius 2 is 1.82 bits per heavy atom. The molecule has 0 unspecified atom stereocenters. The van der Waals surface area contributed by atoms with Gasteiger partial charge in [0, 0.05) is 18.8 Å². The van der Waals surface area contributed by atoms with E-state index in [1.54, 1.807) is 19.1 Å². The second-order valence-electron chi connectivity index (χ2n) is 6.60. The largest absolute Gasteiger partial charge is 0.483 e. The molecule has 1 fully saturated rings. The van der Waals surface area contributed by atoms with Crippen LogP contribution in [-0.2, 0) is 19.6 Å². The summed E-state index contributed by atoms with van der Waals surface area (Å²) in [5, 5.41) is 2.80. The number of amides is 1. The summed E-state index contributed by atoms with van der Waals surface area (Å²) in [5.41, 5.74) is 2.35. The zero-order chi connectivity index (χ0) is 20.1. The normalized spacial score (nSPS) is 15.2. The van der Waals surface area contributed by atoms with Crippen molar-refractivity contribution < 1.29 is 22.7 Å². The number of ether oxygens (including phenoxy) is 2. The van der Waals surface area contributed by atoms with Gasteiger partial charge in [0.15, 0.2) is 6.61 Å². The summed E-state index contributed by atoms with van der Waals surface area (Å²) in [6, 6.07) is 12.1. The highest BCUT2D eigenvalue weighted by Gasteiger charge is 2.26. The standard InChI is InChI=1S/C20H24N2O5S/c1-15-5-3-4-6-18(15)21-20(23)14-27-19-8-7-17(13-16(19)2)28(24,25)22-9-11-26-12-10-22/h3-8,13H,9-12,14H2,1-2H3,(H,21,23). The van der Waals surface area contributed by atoms with Crippen LogP contribution in [0, 0.1) is 13.8 Å². The maximum Gasteiger partial charge on any atom is 0.262 e. The third kappa shape index (κ3) is 4.70. The van der Waals surface area contributed by atoms with Crippen LogP contribution in [0.3, 0.4) is 0 Å². The summed E-state index contributed by atoms with van der Waals surface area (Å²) in [4.78, 5) is 12.3. The first-order chi connectivity index (χ1) is 13.4. The molecule has 7 nitrogen and oxygen atoms in total. The molecule has 2 aromatic carbocycles. The van der Waals surface area contributed by atoms with Crippen LogP contribution in [0.25, 0.3) is 0 Å². The summed E-state index contributed by atoms with van der Waals surface area (Å²) in [6.45, 7) is 4.99. The molecule has 0 saturated carbocycles. The molecule has 0 atom stereocenters. The number of aryl methyl sites for hydroxylation is 2. The molecule has 3 rings (SSSR count). The van der Waals surface area contributed by atoms with E-state index in [2.05, 4.69) is 5.32 Å². The molecular formula is C20H24N2O5S. The van der Waals surface area contributed by atoms with E-state index in [1.165, 1.54) is 10.4 Å². The second kappa shape index (κ2) is 8.72. The van der Waals surface area contributed by atoms with Crippen LogP contribution in [0.15, 0.2) is 47.4 Å². The lowest BCUT2D eigenvalue weighted by Crippen LogP contribution is -2.40. The molecular weight excluding hydrogens is 380 g/mol. The average molecular weight is 404 g/mol. The minimum absolute atomic E-state index is 0.162. The monoisotopic (exact) mass is 404 g/mol. The molecule has 0 aliphatic carbocycles. The van der Waals surface area contributed by atoms with E-state index in [9.17, 15) is 13.2 Å². The van der Waals surface area contributed by atoms with E-state index in [0.717, 1.165) is 11.3 Å². The predicted octanol–water partition coefficient (Wildman–Crippen LogP) is 2.34. The Morgan fingerprint density at radius 3 is 2.50 bits per heavy atom. The minimum atomic E-state index is -3.56. The quantitative estimate of drug-likeness (QED) is 0.799. The zero-order valence-corrected chi connectivity index (χ0v) is 16.8. The summed E-state index contributed by atoms with van der Waals surface area (Å²) in [6.07, 6.45) is 0. The van der Waals surface area contributed by atoms with E-state index >= 15 is 0 Å². The van der Waals surface area contributed by atoms with Gasteiger partial charge in [-0.25, -0.2) is 8.42 Å². The highest BCUT2D eigenvalue weighted by molar-refractivity contribution is 7.89. The number of sulfonamides is 1. The van der Waals surface area contributed by atoms with Crippen LogP contribution >= 0.6 is 0 Å². The SMILES string of the molecule is Cc1ccccc1NC(=O)COc1ccc(S(=O)(=O)N2CCOCC2)cc1C. The van der Waals surface area contributed by atoms with Gasteiger partial charge in [0.2, 0.25) is 10.0 Å². The van der Waals surface area contributed by atoms with Crippen molar-refractivity contribution in [2.45, 2.75) is 18.7 Å². The van der Waals surface area contributed by atoms with Crippen LogP contribution in [0.2, 0.25) is 0 Å². The van der Waals surface area contributed by atoms with Crippen molar-refractivity contribution in [3.8, 4) is 5.75 Å². The number of para-hydroxylation sites is 1. The Balaban J connectivity index is 1.64. The molecule has 0 radical (unpaired) electrons. The van der Waals surface area contributed by atoms with Crippen molar-refractivity contribution in [1.29, 1.82) is 0 Å². The molecule has 8 heteroatoms. The Morgan fingerprint density at radius 1 is 1.11 bits per heavy atom. The van der Waals surface area contributed by atoms with Crippen molar-refractivity contribution in [3.05, 3.63) is 53.6 Å². The lowest BCUT2D eigenvalue weighted by atomic mass is 10.2. The van der Waals surface area contributed by atoms with E-state index in [0.29, 0.717) is 37.6 Å². The van der Waals surface area contributed by atoms with Gasteiger partial charge in [-0.3, -0.25) is 4.79 Å². The van der Waals surface area contributed by atoms with Gasteiger partial charge in [-0.15, -0.1) is 0 Å². The number of benzene rings is 2. The molecule has 1 aliphatic rings. The lowest BCUT2D eigenvalue weighted by Gasteiger charge is -2.26. The van der Waals surface area contributed by atoms with Crippen LogP contribution in [0.5, 0.6) is 5.75 Å². The van der Waals surface area contributed by atoms with Gasteiger partial charge in [0.1, 0.15) is 5.75 Å². The van der Waals surface area contributed by atoms with E-state index in [4.69, 9.17) is 9.47 Å². The third-order valence-electron chi connectivity index (χ3n) is 4.53. The first kappa shape index (κ1) is 20.3. The van der Waals surface area contributed by atoms with Gasteiger partial charge in [0.05, 0.1) is 18.1 Å². The van der Waals surface area contributed by atoms with Crippen molar-refractivity contribution in [3.63, 3.8) is 0 Å². The van der Waals surface area contributed by atoms with Gasteiger partial charge < -0.3 is 14.8 Å². The summed E-state index contributed by atoms with van der Waals surface area (Å²) >= 11 is 0. The van der Waals surface area contributed by atoms with Gasteiger partial charge in [-0.05, 0) is 49.2 Å². The summed E-state index contributed by atoms with van der Waals surface area (Å²) in [7, 11) is -3.56. The Kier molecular flexibility index (Phi) is 6.33. The Labute approximate surface area is 165 Å². The van der Waals surface area contributed by atoms with Crippen molar-refractivity contribution >= 4 is 21.6 Å². The van der Waals surface area contributed by atoms with Gasteiger partial charge in [-0.2, -0.15) is 4.31 Å². The predicted molar refractivity (Wildman–Crippen MR) is 106 cm³/mol. The fraction of sp³-hybridized carbons (Fsp3) is 0.350. The third-order valence-corrected chi connectivity index (χ3v) is 6.43. The van der Waals surface area contributed by atoms with Gasteiger partial charge in [0.25, 0.3) is 5.91 Å². The van der Waals surface area contributed by atoms with E-state index in [1.807, 2.05) is 31.2 Å². The van der Waals surface area contributed by atoms with Gasteiger partial charge >= 0.3 is 0 Å². The molecule has 0 aromatic heterocycles. The van der Waals surface area contributed by atoms with Crippen LogP contribution in [0.1, 0.15) is 11.1 Å². The van der Waals surface area contributed by atoms with E-state index in [-0.39, 0.29) is 17.4 Å².